The molecule has 3 unspecified atom stereocenters. The lowest BCUT2D eigenvalue weighted by Gasteiger charge is -2.44. The lowest BCUT2D eigenvalue weighted by molar-refractivity contribution is -0.0688. The summed E-state index contributed by atoms with van der Waals surface area (Å²) in [5.41, 5.74) is 1.50. The van der Waals surface area contributed by atoms with Gasteiger partial charge in [0, 0.05) is 18.9 Å². The topological polar surface area (TPSA) is 32.7 Å². The van der Waals surface area contributed by atoms with E-state index in [2.05, 4.69) is 19.0 Å². The molecule has 0 aromatic heterocycles. The first-order valence-electron chi connectivity index (χ1n) is 10.1. The van der Waals surface area contributed by atoms with Gasteiger partial charge in [0.25, 0.3) is 0 Å². The number of hydrogen-bond donors (Lipinski definition) is 1. The molecule has 0 amide bonds. The Morgan fingerprint density at radius 1 is 1.14 bits per heavy atom. The molecule has 1 aliphatic rings. The molecule has 2 aromatic carbocycles. The average Bonchev–Trinajstić information content (AvgIpc) is 2.66. The Balaban J connectivity index is 1.75. The SMILES string of the molecule is COc1ccccc1CC1(O)CCC(Cc2ccc(F)cc2)CC1CN(C)C. The standard InChI is InChI=1S/C24H32FNO2/c1-26(2)17-21-15-19(14-18-8-10-22(25)11-9-18)12-13-24(21,27)16-20-6-4-5-7-23(20)28-3/h4-11,19,21,27H,12-17H2,1-3H3. The van der Waals surface area contributed by atoms with Crippen LogP contribution in [0.5, 0.6) is 5.75 Å². The van der Waals surface area contributed by atoms with Gasteiger partial charge in [0.2, 0.25) is 0 Å². The second-order valence-electron chi connectivity index (χ2n) is 8.52. The van der Waals surface area contributed by atoms with Crippen LogP contribution in [-0.4, -0.2) is 43.4 Å². The van der Waals surface area contributed by atoms with Crippen molar-refractivity contribution in [3.05, 3.63) is 65.5 Å². The number of rotatable bonds is 7. The Hall–Kier alpha value is -1.91. The summed E-state index contributed by atoms with van der Waals surface area (Å²) in [6, 6.07) is 14.8. The fourth-order valence-electron chi connectivity index (χ4n) is 4.63. The van der Waals surface area contributed by atoms with Crippen molar-refractivity contribution in [2.45, 2.75) is 37.7 Å². The van der Waals surface area contributed by atoms with Crippen LogP contribution in [0.3, 0.4) is 0 Å². The predicted molar refractivity (Wildman–Crippen MR) is 111 cm³/mol. The summed E-state index contributed by atoms with van der Waals surface area (Å²) in [6.07, 6.45) is 4.28. The number of aliphatic hydroxyl groups is 1. The first kappa shape index (κ1) is 20.8. The molecule has 3 rings (SSSR count). The van der Waals surface area contributed by atoms with E-state index in [1.165, 1.54) is 17.7 Å². The highest BCUT2D eigenvalue weighted by Gasteiger charge is 2.42. The van der Waals surface area contributed by atoms with Crippen LogP contribution in [0.15, 0.2) is 48.5 Å². The summed E-state index contributed by atoms with van der Waals surface area (Å²) in [5.74, 6) is 1.34. The molecule has 1 fully saturated rings. The van der Waals surface area contributed by atoms with Crippen molar-refractivity contribution >= 4 is 0 Å². The fraction of sp³-hybridized carbons (Fsp3) is 0.500. The van der Waals surface area contributed by atoms with Gasteiger partial charge >= 0.3 is 0 Å². The number of halogens is 1. The van der Waals surface area contributed by atoms with Gasteiger partial charge in [0.1, 0.15) is 11.6 Å². The molecular weight excluding hydrogens is 353 g/mol. The van der Waals surface area contributed by atoms with Crippen LogP contribution < -0.4 is 4.74 Å². The normalized spacial score (nSPS) is 25.1. The molecule has 0 spiro atoms. The molecule has 0 saturated heterocycles. The molecule has 1 saturated carbocycles. The third kappa shape index (κ3) is 5.12. The summed E-state index contributed by atoms with van der Waals surface area (Å²) in [7, 11) is 5.81. The fourth-order valence-corrected chi connectivity index (χ4v) is 4.63. The highest BCUT2D eigenvalue weighted by Crippen LogP contribution is 2.42. The van der Waals surface area contributed by atoms with E-state index in [1.807, 2.05) is 36.4 Å². The highest BCUT2D eigenvalue weighted by atomic mass is 19.1. The molecule has 3 atom stereocenters. The van der Waals surface area contributed by atoms with E-state index in [0.717, 1.165) is 43.5 Å². The molecule has 0 radical (unpaired) electrons. The van der Waals surface area contributed by atoms with Gasteiger partial charge in [-0.25, -0.2) is 4.39 Å². The van der Waals surface area contributed by atoms with Crippen LogP contribution in [-0.2, 0) is 12.8 Å². The van der Waals surface area contributed by atoms with E-state index in [1.54, 1.807) is 7.11 Å². The third-order valence-electron chi connectivity index (χ3n) is 6.08. The molecular formula is C24H32FNO2. The molecule has 3 nitrogen and oxygen atoms in total. The quantitative estimate of drug-likeness (QED) is 0.770. The van der Waals surface area contributed by atoms with Gasteiger partial charge in [-0.1, -0.05) is 30.3 Å². The molecule has 28 heavy (non-hydrogen) atoms. The third-order valence-corrected chi connectivity index (χ3v) is 6.08. The average molecular weight is 386 g/mol. The molecule has 0 aliphatic heterocycles. The minimum Gasteiger partial charge on any atom is -0.496 e. The van der Waals surface area contributed by atoms with Crippen LogP contribution >= 0.6 is 0 Å². The Morgan fingerprint density at radius 2 is 1.86 bits per heavy atom. The summed E-state index contributed by atoms with van der Waals surface area (Å²) < 4.78 is 18.7. The minimum atomic E-state index is -0.738. The second kappa shape index (κ2) is 9.06. The maximum atomic E-state index is 13.2. The van der Waals surface area contributed by atoms with Crippen molar-refractivity contribution in [2.75, 3.05) is 27.7 Å². The number of ether oxygens (including phenoxy) is 1. The number of benzene rings is 2. The lowest BCUT2D eigenvalue weighted by atomic mass is 9.67. The van der Waals surface area contributed by atoms with Gasteiger partial charge in [-0.05, 0) is 75.0 Å². The monoisotopic (exact) mass is 385 g/mol. The summed E-state index contributed by atoms with van der Waals surface area (Å²) in [6.45, 7) is 0.853. The van der Waals surface area contributed by atoms with Crippen molar-refractivity contribution < 1.29 is 14.2 Å². The van der Waals surface area contributed by atoms with E-state index >= 15 is 0 Å². The first-order valence-corrected chi connectivity index (χ1v) is 10.1. The van der Waals surface area contributed by atoms with Crippen LogP contribution in [0.2, 0.25) is 0 Å². The molecule has 1 N–H and O–H groups in total. The van der Waals surface area contributed by atoms with Gasteiger partial charge in [-0.15, -0.1) is 0 Å². The zero-order chi connectivity index (χ0) is 20.1. The van der Waals surface area contributed by atoms with Gasteiger partial charge in [-0.3, -0.25) is 0 Å². The molecule has 2 aromatic rings. The van der Waals surface area contributed by atoms with Crippen LogP contribution in [0.1, 0.15) is 30.4 Å². The molecule has 0 heterocycles. The molecule has 4 heteroatoms. The number of nitrogens with zero attached hydrogens (tertiary/aromatic N) is 1. The second-order valence-corrected chi connectivity index (χ2v) is 8.52. The highest BCUT2D eigenvalue weighted by molar-refractivity contribution is 5.34. The summed E-state index contributed by atoms with van der Waals surface area (Å²) in [4.78, 5) is 2.16. The Kier molecular flexibility index (Phi) is 6.73. The predicted octanol–water partition coefficient (Wildman–Crippen LogP) is 4.33. The van der Waals surface area contributed by atoms with Crippen LogP contribution in [0, 0.1) is 17.7 Å². The van der Waals surface area contributed by atoms with Crippen molar-refractivity contribution in [1.82, 2.24) is 4.90 Å². The zero-order valence-electron chi connectivity index (χ0n) is 17.2. The Bertz CT molecular complexity index is 761. The van der Waals surface area contributed by atoms with Crippen molar-refractivity contribution in [3.8, 4) is 5.75 Å². The Morgan fingerprint density at radius 3 is 2.54 bits per heavy atom. The van der Waals surface area contributed by atoms with Crippen molar-refractivity contribution in [1.29, 1.82) is 0 Å². The van der Waals surface area contributed by atoms with E-state index in [-0.39, 0.29) is 11.7 Å². The summed E-state index contributed by atoms with van der Waals surface area (Å²) in [5, 5.41) is 11.6. The number of para-hydroxylation sites is 1. The van der Waals surface area contributed by atoms with E-state index < -0.39 is 5.60 Å². The largest absolute Gasteiger partial charge is 0.496 e. The van der Waals surface area contributed by atoms with E-state index in [4.69, 9.17) is 4.74 Å². The maximum absolute atomic E-state index is 13.2. The summed E-state index contributed by atoms with van der Waals surface area (Å²) >= 11 is 0. The maximum Gasteiger partial charge on any atom is 0.123 e. The van der Waals surface area contributed by atoms with Crippen molar-refractivity contribution in [2.24, 2.45) is 11.8 Å². The van der Waals surface area contributed by atoms with Gasteiger partial charge in [-0.2, -0.15) is 0 Å². The number of hydrogen-bond acceptors (Lipinski definition) is 3. The van der Waals surface area contributed by atoms with Gasteiger partial charge < -0.3 is 14.7 Å². The van der Waals surface area contributed by atoms with Crippen LogP contribution in [0.4, 0.5) is 4.39 Å². The smallest absolute Gasteiger partial charge is 0.123 e. The van der Waals surface area contributed by atoms with Gasteiger partial charge in [0.05, 0.1) is 12.7 Å². The number of methoxy groups -OCH3 is 1. The molecule has 152 valence electrons. The lowest BCUT2D eigenvalue weighted by Crippen LogP contribution is -2.49. The zero-order valence-corrected chi connectivity index (χ0v) is 17.2. The van der Waals surface area contributed by atoms with E-state index in [9.17, 15) is 9.50 Å². The molecule has 1 aliphatic carbocycles. The van der Waals surface area contributed by atoms with Crippen LogP contribution in [0.25, 0.3) is 0 Å². The molecule has 0 bridgehead atoms. The van der Waals surface area contributed by atoms with E-state index in [0.29, 0.717) is 12.3 Å². The van der Waals surface area contributed by atoms with Crippen molar-refractivity contribution in [3.63, 3.8) is 0 Å². The minimum absolute atomic E-state index is 0.187. The Labute approximate surface area is 168 Å². The van der Waals surface area contributed by atoms with Gasteiger partial charge in [0.15, 0.2) is 0 Å². The first-order chi connectivity index (χ1) is 13.4.